The average Bonchev–Trinajstić information content (AvgIpc) is 2.76. The Morgan fingerprint density at radius 2 is 1.61 bits per heavy atom. The van der Waals surface area contributed by atoms with Gasteiger partial charge < -0.3 is 10.1 Å². The minimum atomic E-state index is -0.566. The predicted octanol–water partition coefficient (Wildman–Crippen LogP) is 6.36. The molecule has 0 atom stereocenters. The largest absolute Gasteiger partial charge is 0.489 e. The van der Waals surface area contributed by atoms with Gasteiger partial charge in [-0.25, -0.2) is 5.43 Å². The van der Waals surface area contributed by atoms with Crippen molar-refractivity contribution in [1.29, 1.82) is 0 Å². The Balaban J connectivity index is 1.44. The van der Waals surface area contributed by atoms with Gasteiger partial charge in [0, 0.05) is 21.3 Å². The number of amides is 2. The third-order valence-electron chi connectivity index (χ3n) is 4.22. The summed E-state index contributed by atoms with van der Waals surface area (Å²) in [4.78, 5) is 23.9. The third-order valence-corrected chi connectivity index (χ3v) is 5.54. The Morgan fingerprint density at radius 1 is 0.848 bits per heavy atom. The van der Waals surface area contributed by atoms with Crippen LogP contribution in [-0.4, -0.2) is 18.0 Å². The van der Waals surface area contributed by atoms with Crippen LogP contribution in [0.3, 0.4) is 0 Å². The smallest absolute Gasteiger partial charge is 0.249 e. The van der Waals surface area contributed by atoms with E-state index in [0.717, 1.165) is 11.1 Å². The molecule has 3 rings (SSSR count). The van der Waals surface area contributed by atoms with Crippen LogP contribution in [0.1, 0.15) is 17.5 Å². The molecule has 0 aliphatic heterocycles. The van der Waals surface area contributed by atoms with Crippen molar-refractivity contribution in [3.05, 3.63) is 91.9 Å². The fourth-order valence-electron chi connectivity index (χ4n) is 2.59. The van der Waals surface area contributed by atoms with Crippen molar-refractivity contribution in [1.82, 2.24) is 5.43 Å². The van der Waals surface area contributed by atoms with E-state index < -0.39 is 18.2 Å². The van der Waals surface area contributed by atoms with Crippen LogP contribution in [0.4, 0.5) is 5.69 Å². The summed E-state index contributed by atoms with van der Waals surface area (Å²) >= 11 is 23.8. The molecule has 10 heteroatoms. The van der Waals surface area contributed by atoms with Crippen LogP contribution in [0, 0.1) is 0 Å². The van der Waals surface area contributed by atoms with E-state index in [1.54, 1.807) is 54.6 Å². The maximum absolute atomic E-state index is 12.0. The van der Waals surface area contributed by atoms with Gasteiger partial charge >= 0.3 is 0 Å². The minimum absolute atomic E-state index is 0.295. The highest BCUT2D eigenvalue weighted by molar-refractivity contribution is 6.42. The zero-order valence-corrected chi connectivity index (χ0v) is 20.0. The summed E-state index contributed by atoms with van der Waals surface area (Å²) < 4.78 is 5.72. The highest BCUT2D eigenvalue weighted by Gasteiger charge is 2.10. The number of rotatable bonds is 8. The molecule has 0 fully saturated rings. The van der Waals surface area contributed by atoms with Gasteiger partial charge in [0.25, 0.3) is 0 Å². The van der Waals surface area contributed by atoms with Crippen molar-refractivity contribution in [2.75, 3.05) is 5.32 Å². The van der Waals surface area contributed by atoms with Gasteiger partial charge in [-0.3, -0.25) is 9.59 Å². The Hall–Kier alpha value is -2.77. The molecule has 3 aromatic carbocycles. The number of anilines is 1. The monoisotopic (exact) mass is 523 g/mol. The van der Waals surface area contributed by atoms with Crippen molar-refractivity contribution >= 4 is 70.1 Å². The molecule has 0 bridgehead atoms. The number of hydrogen-bond donors (Lipinski definition) is 2. The van der Waals surface area contributed by atoms with Crippen LogP contribution in [0.2, 0.25) is 20.1 Å². The van der Waals surface area contributed by atoms with E-state index in [9.17, 15) is 9.59 Å². The van der Waals surface area contributed by atoms with Crippen molar-refractivity contribution < 1.29 is 14.3 Å². The maximum atomic E-state index is 12.0. The fraction of sp³-hybridized carbons (Fsp3) is 0.0870. The molecular formula is C23H17Cl4N3O3. The van der Waals surface area contributed by atoms with Crippen molar-refractivity contribution in [3.8, 4) is 5.75 Å². The minimum Gasteiger partial charge on any atom is -0.489 e. The van der Waals surface area contributed by atoms with Gasteiger partial charge in [-0.15, -0.1) is 0 Å². The summed E-state index contributed by atoms with van der Waals surface area (Å²) in [6, 6.07) is 16.9. The van der Waals surface area contributed by atoms with E-state index in [4.69, 9.17) is 51.1 Å². The van der Waals surface area contributed by atoms with Gasteiger partial charge in [-0.1, -0.05) is 52.5 Å². The second-order valence-electron chi connectivity index (χ2n) is 6.74. The lowest BCUT2D eigenvalue weighted by atomic mass is 10.2. The first kappa shape index (κ1) is 24.9. The number of hydrogen-bond acceptors (Lipinski definition) is 4. The first-order chi connectivity index (χ1) is 15.8. The van der Waals surface area contributed by atoms with Crippen LogP contribution in [-0.2, 0) is 16.2 Å². The molecule has 2 N–H and O–H groups in total. The van der Waals surface area contributed by atoms with E-state index >= 15 is 0 Å². The molecule has 6 nitrogen and oxygen atoms in total. The third kappa shape index (κ3) is 7.94. The zero-order chi connectivity index (χ0) is 23.8. The Morgan fingerprint density at radius 3 is 2.30 bits per heavy atom. The standard InChI is InChI=1S/C23H17Cl4N3O3/c24-16-4-3-15(20(26)9-16)13-33-18-6-1-14(2-7-18)12-28-30-23(32)11-22(31)29-17-5-8-19(25)21(27)10-17/h1-10,12H,11,13H2,(H,29,31)(H,30,32). The Bertz CT molecular complexity index is 1180. The summed E-state index contributed by atoms with van der Waals surface area (Å²) in [6.07, 6.45) is 1.05. The van der Waals surface area contributed by atoms with Crippen LogP contribution in [0.5, 0.6) is 5.75 Å². The van der Waals surface area contributed by atoms with E-state index in [2.05, 4.69) is 15.8 Å². The molecule has 0 saturated heterocycles. The normalized spacial score (nSPS) is 10.8. The number of halogens is 4. The van der Waals surface area contributed by atoms with Gasteiger partial charge in [0.1, 0.15) is 18.8 Å². The number of carbonyl (C=O) groups is 2. The van der Waals surface area contributed by atoms with Gasteiger partial charge in [0.15, 0.2) is 0 Å². The lowest BCUT2D eigenvalue weighted by molar-refractivity contribution is -0.126. The Labute approximate surface area is 210 Å². The van der Waals surface area contributed by atoms with Gasteiger partial charge in [0.05, 0.1) is 16.3 Å². The van der Waals surface area contributed by atoms with Crippen LogP contribution >= 0.6 is 46.4 Å². The van der Waals surface area contributed by atoms with Gasteiger partial charge in [-0.05, 0) is 60.2 Å². The molecule has 170 valence electrons. The molecular weight excluding hydrogens is 508 g/mol. The zero-order valence-electron chi connectivity index (χ0n) is 16.9. The summed E-state index contributed by atoms with van der Waals surface area (Å²) in [5.41, 5.74) is 4.29. The summed E-state index contributed by atoms with van der Waals surface area (Å²) in [5, 5.41) is 8.18. The lowest BCUT2D eigenvalue weighted by Gasteiger charge is -2.08. The van der Waals surface area contributed by atoms with Crippen molar-refractivity contribution in [2.45, 2.75) is 13.0 Å². The summed E-state index contributed by atoms with van der Waals surface area (Å²) in [6.45, 7) is 0.295. The number of nitrogens with zero attached hydrogens (tertiary/aromatic N) is 1. The highest BCUT2D eigenvalue weighted by atomic mass is 35.5. The van der Waals surface area contributed by atoms with E-state index in [-0.39, 0.29) is 0 Å². The van der Waals surface area contributed by atoms with Crippen LogP contribution in [0.25, 0.3) is 0 Å². The second kappa shape index (κ2) is 11.9. The molecule has 0 saturated carbocycles. The SMILES string of the molecule is O=C(CC(=O)Nc1ccc(Cl)c(Cl)c1)NN=Cc1ccc(OCc2ccc(Cl)cc2Cl)cc1. The Kier molecular flexibility index (Phi) is 8.97. The molecule has 2 amide bonds. The predicted molar refractivity (Wildman–Crippen MR) is 133 cm³/mol. The molecule has 0 aromatic heterocycles. The topological polar surface area (TPSA) is 79.8 Å². The highest BCUT2D eigenvalue weighted by Crippen LogP contribution is 2.25. The fourth-order valence-corrected chi connectivity index (χ4v) is 3.35. The first-order valence-corrected chi connectivity index (χ1v) is 11.0. The average molecular weight is 525 g/mol. The van der Waals surface area contributed by atoms with E-state index in [1.807, 2.05) is 0 Å². The molecule has 0 aliphatic carbocycles. The summed E-state index contributed by atoms with van der Waals surface area (Å²) in [5.74, 6) is -0.437. The molecule has 0 heterocycles. The molecule has 3 aromatic rings. The van der Waals surface area contributed by atoms with Gasteiger partial charge in [-0.2, -0.15) is 5.10 Å². The molecule has 0 spiro atoms. The molecule has 0 aliphatic rings. The van der Waals surface area contributed by atoms with Crippen molar-refractivity contribution in [2.24, 2.45) is 5.10 Å². The molecule has 33 heavy (non-hydrogen) atoms. The number of benzene rings is 3. The van der Waals surface area contributed by atoms with Gasteiger partial charge in [0.2, 0.25) is 11.8 Å². The number of carbonyl (C=O) groups excluding carboxylic acids is 2. The molecule has 0 unspecified atom stereocenters. The number of ether oxygens (including phenoxy) is 1. The van der Waals surface area contributed by atoms with E-state index in [1.165, 1.54) is 12.3 Å². The maximum Gasteiger partial charge on any atom is 0.249 e. The van der Waals surface area contributed by atoms with Crippen molar-refractivity contribution in [3.63, 3.8) is 0 Å². The quantitative estimate of drug-likeness (QED) is 0.204. The second-order valence-corrected chi connectivity index (χ2v) is 8.40. The summed E-state index contributed by atoms with van der Waals surface area (Å²) in [7, 11) is 0. The van der Waals surface area contributed by atoms with E-state index in [0.29, 0.717) is 38.1 Å². The number of hydrazone groups is 1. The van der Waals surface area contributed by atoms with Crippen LogP contribution in [0.15, 0.2) is 65.8 Å². The number of nitrogens with one attached hydrogen (secondary N) is 2. The van der Waals surface area contributed by atoms with Crippen LogP contribution < -0.4 is 15.5 Å². The lowest BCUT2D eigenvalue weighted by Crippen LogP contribution is -2.24. The first-order valence-electron chi connectivity index (χ1n) is 9.54. The molecule has 0 radical (unpaired) electrons.